The van der Waals surface area contributed by atoms with E-state index in [1.807, 2.05) is 44.2 Å². The Bertz CT molecular complexity index is 757. The van der Waals surface area contributed by atoms with Crippen molar-refractivity contribution in [2.24, 2.45) is 5.92 Å². The summed E-state index contributed by atoms with van der Waals surface area (Å²) < 4.78 is 17.5. The fourth-order valence-corrected chi connectivity index (χ4v) is 4.54. The van der Waals surface area contributed by atoms with Crippen molar-refractivity contribution in [3.05, 3.63) is 48.2 Å². The summed E-state index contributed by atoms with van der Waals surface area (Å²) in [7, 11) is -2.04. The fourth-order valence-electron chi connectivity index (χ4n) is 3.11. The fraction of sp³-hybridized carbons (Fsp3) is 0.565. The van der Waals surface area contributed by atoms with Gasteiger partial charge in [-0.3, -0.25) is 14.5 Å². The van der Waals surface area contributed by atoms with Gasteiger partial charge in [0.15, 0.2) is 14.5 Å². The number of carbonyl (C=O) groups is 2. The van der Waals surface area contributed by atoms with Gasteiger partial charge in [-0.1, -0.05) is 57.2 Å². The van der Waals surface area contributed by atoms with Crippen LogP contribution in [0.1, 0.15) is 40.2 Å². The molecule has 1 heterocycles. The SMILES string of the molecule is C/C=C/O[C@@H]1[C@@H]([C@@H](C)O[Si](C)(C)C(C)(C)C)C(=O)N1CC(=O)OCc1ccccc1. The lowest BCUT2D eigenvalue weighted by molar-refractivity contribution is -0.197. The predicted molar refractivity (Wildman–Crippen MR) is 119 cm³/mol. The highest BCUT2D eigenvalue weighted by atomic mass is 28.4. The minimum absolute atomic E-state index is 0.0364. The number of rotatable bonds is 9. The number of likely N-dealkylation sites (tertiary alicyclic amines) is 1. The highest BCUT2D eigenvalue weighted by molar-refractivity contribution is 6.74. The Morgan fingerprint density at radius 2 is 1.87 bits per heavy atom. The Kier molecular flexibility index (Phi) is 7.88. The van der Waals surface area contributed by atoms with E-state index in [1.54, 1.807) is 12.3 Å². The molecule has 6 nitrogen and oxygen atoms in total. The Labute approximate surface area is 181 Å². The molecule has 166 valence electrons. The molecule has 0 saturated carbocycles. The van der Waals surface area contributed by atoms with Crippen molar-refractivity contribution in [2.75, 3.05) is 6.54 Å². The van der Waals surface area contributed by atoms with Gasteiger partial charge >= 0.3 is 5.97 Å². The van der Waals surface area contributed by atoms with Crippen molar-refractivity contribution < 1.29 is 23.5 Å². The number of esters is 1. The van der Waals surface area contributed by atoms with Gasteiger partial charge in [0, 0.05) is 0 Å². The molecular weight excluding hydrogens is 398 g/mol. The van der Waals surface area contributed by atoms with Crippen molar-refractivity contribution in [3.8, 4) is 0 Å². The second kappa shape index (κ2) is 9.79. The number of ether oxygens (including phenoxy) is 2. The molecule has 0 unspecified atom stereocenters. The van der Waals surface area contributed by atoms with Gasteiger partial charge in [-0.2, -0.15) is 0 Å². The zero-order valence-corrected chi connectivity index (χ0v) is 20.2. The average Bonchev–Trinajstić information content (AvgIpc) is 2.66. The highest BCUT2D eigenvalue weighted by Crippen LogP contribution is 2.40. The summed E-state index contributed by atoms with van der Waals surface area (Å²) in [6, 6.07) is 9.45. The summed E-state index contributed by atoms with van der Waals surface area (Å²) in [4.78, 5) is 26.6. The molecule has 1 aromatic carbocycles. The molecule has 2 rings (SSSR count). The van der Waals surface area contributed by atoms with Crippen molar-refractivity contribution in [3.63, 3.8) is 0 Å². The third-order valence-corrected chi connectivity index (χ3v) is 10.4. The second-order valence-electron chi connectivity index (χ2n) is 9.22. The molecule has 3 atom stereocenters. The molecule has 0 bridgehead atoms. The van der Waals surface area contributed by atoms with Crippen LogP contribution in [-0.4, -0.2) is 44.0 Å². The van der Waals surface area contributed by atoms with Crippen LogP contribution in [0.4, 0.5) is 0 Å². The summed E-state index contributed by atoms with van der Waals surface area (Å²) in [5, 5.41) is 0.0364. The molecule has 1 fully saturated rings. The molecule has 30 heavy (non-hydrogen) atoms. The van der Waals surface area contributed by atoms with E-state index in [9.17, 15) is 9.59 Å². The van der Waals surface area contributed by atoms with Gasteiger partial charge in [-0.05, 0) is 37.5 Å². The van der Waals surface area contributed by atoms with Crippen LogP contribution < -0.4 is 0 Å². The van der Waals surface area contributed by atoms with E-state index in [1.165, 1.54) is 4.90 Å². The lowest BCUT2D eigenvalue weighted by Gasteiger charge is -2.49. The van der Waals surface area contributed by atoms with Crippen LogP contribution in [-0.2, 0) is 30.1 Å². The second-order valence-corrected chi connectivity index (χ2v) is 14.0. The number of amides is 1. The number of allylic oxidation sites excluding steroid dienone is 1. The number of benzene rings is 1. The first kappa shape index (κ1) is 24.1. The smallest absolute Gasteiger partial charge is 0.326 e. The standard InChI is InChI=1S/C23H35NO5Si/c1-8-14-27-22-20(17(2)29-30(6,7)23(3,4)5)21(26)24(22)15-19(25)28-16-18-12-10-9-11-13-18/h8-14,17,20,22H,15-16H2,1-7H3/b14-8+/t17-,20+,22-/m1/s1. The lowest BCUT2D eigenvalue weighted by Crippen LogP contribution is -2.67. The number of hydrogen-bond donors (Lipinski definition) is 0. The van der Waals surface area contributed by atoms with E-state index in [0.717, 1.165) is 5.56 Å². The van der Waals surface area contributed by atoms with E-state index >= 15 is 0 Å². The van der Waals surface area contributed by atoms with Gasteiger partial charge in [0.1, 0.15) is 19.1 Å². The highest BCUT2D eigenvalue weighted by Gasteiger charge is 2.54. The molecule has 7 heteroatoms. The Balaban J connectivity index is 2.01. The molecule has 1 aliphatic heterocycles. The van der Waals surface area contributed by atoms with E-state index in [-0.39, 0.29) is 30.2 Å². The lowest BCUT2D eigenvalue weighted by atomic mass is 9.90. The Morgan fingerprint density at radius 3 is 2.43 bits per heavy atom. The monoisotopic (exact) mass is 433 g/mol. The maximum Gasteiger partial charge on any atom is 0.326 e. The third kappa shape index (κ3) is 5.73. The zero-order valence-electron chi connectivity index (χ0n) is 19.2. The van der Waals surface area contributed by atoms with Gasteiger partial charge in [0.05, 0.1) is 12.4 Å². The molecule has 1 amide bonds. The number of β-lactam (4-membered cyclic amide) rings is 1. The van der Waals surface area contributed by atoms with Crippen molar-refractivity contribution in [2.45, 2.75) is 71.7 Å². The van der Waals surface area contributed by atoms with Crippen LogP contribution in [0.3, 0.4) is 0 Å². The largest absolute Gasteiger partial charge is 0.477 e. The Morgan fingerprint density at radius 1 is 1.23 bits per heavy atom. The van der Waals surface area contributed by atoms with E-state index < -0.39 is 26.4 Å². The summed E-state index contributed by atoms with van der Waals surface area (Å²) in [5.74, 6) is -1.05. The predicted octanol–water partition coefficient (Wildman–Crippen LogP) is 4.47. The maximum atomic E-state index is 12.9. The average molecular weight is 434 g/mol. The first-order valence-corrected chi connectivity index (χ1v) is 13.3. The molecule has 0 spiro atoms. The van der Waals surface area contributed by atoms with Gasteiger partial charge in [0.25, 0.3) is 0 Å². The molecule has 1 aromatic rings. The van der Waals surface area contributed by atoms with Crippen LogP contribution in [0.25, 0.3) is 0 Å². The van der Waals surface area contributed by atoms with Crippen LogP contribution in [0.5, 0.6) is 0 Å². The number of nitrogens with zero attached hydrogens (tertiary/aromatic N) is 1. The summed E-state index contributed by atoms with van der Waals surface area (Å²) in [6.07, 6.45) is 2.46. The number of carbonyl (C=O) groups excluding carboxylic acids is 2. The third-order valence-electron chi connectivity index (χ3n) is 5.87. The molecule has 0 aliphatic carbocycles. The molecule has 0 N–H and O–H groups in total. The quantitative estimate of drug-likeness (QED) is 0.249. The first-order chi connectivity index (χ1) is 14.0. The van der Waals surface area contributed by atoms with Crippen LogP contribution in [0.15, 0.2) is 42.7 Å². The van der Waals surface area contributed by atoms with E-state index in [4.69, 9.17) is 13.9 Å². The van der Waals surface area contributed by atoms with Crippen LogP contribution >= 0.6 is 0 Å². The maximum absolute atomic E-state index is 12.9. The molecule has 1 aliphatic rings. The first-order valence-electron chi connectivity index (χ1n) is 10.4. The van der Waals surface area contributed by atoms with E-state index in [0.29, 0.717) is 0 Å². The van der Waals surface area contributed by atoms with Crippen molar-refractivity contribution in [1.29, 1.82) is 0 Å². The molecule has 1 saturated heterocycles. The zero-order chi connectivity index (χ0) is 22.5. The minimum atomic E-state index is -2.04. The summed E-state index contributed by atoms with van der Waals surface area (Å²) in [6.45, 7) is 14.6. The van der Waals surface area contributed by atoms with Gasteiger partial charge in [0.2, 0.25) is 5.91 Å². The Hall–Kier alpha value is -2.12. The van der Waals surface area contributed by atoms with Gasteiger partial charge in [-0.25, -0.2) is 0 Å². The molecular formula is C23H35NO5Si. The summed E-state index contributed by atoms with van der Waals surface area (Å²) >= 11 is 0. The van der Waals surface area contributed by atoms with Crippen LogP contribution in [0.2, 0.25) is 18.1 Å². The van der Waals surface area contributed by atoms with Crippen LogP contribution in [0, 0.1) is 5.92 Å². The van der Waals surface area contributed by atoms with E-state index in [2.05, 4.69) is 33.9 Å². The van der Waals surface area contributed by atoms with Crippen molar-refractivity contribution >= 4 is 20.2 Å². The minimum Gasteiger partial charge on any atom is -0.477 e. The molecule has 0 radical (unpaired) electrons. The number of hydrogen-bond acceptors (Lipinski definition) is 5. The van der Waals surface area contributed by atoms with Crippen molar-refractivity contribution in [1.82, 2.24) is 4.90 Å². The van der Waals surface area contributed by atoms with Gasteiger partial charge < -0.3 is 13.9 Å². The van der Waals surface area contributed by atoms with Gasteiger partial charge in [-0.15, -0.1) is 0 Å². The normalized spacial score (nSPS) is 20.8. The summed E-state index contributed by atoms with van der Waals surface area (Å²) in [5.41, 5.74) is 0.900. The topological polar surface area (TPSA) is 65.1 Å². The molecule has 0 aromatic heterocycles.